The first-order valence-corrected chi connectivity index (χ1v) is 3.71. The normalized spacial score (nSPS) is 8.78. The quantitative estimate of drug-likeness (QED) is 0.583. The Morgan fingerprint density at radius 3 is 2.44 bits per heavy atom. The first-order chi connectivity index (χ1) is 4.24. The molecule has 1 heterocycles. The Morgan fingerprint density at radius 1 is 1.56 bits per heavy atom. The third kappa shape index (κ3) is 1.09. The second-order valence-electron chi connectivity index (χ2n) is 1.30. The molecule has 0 saturated heterocycles. The highest BCUT2D eigenvalue weighted by Crippen LogP contribution is 2.16. The highest BCUT2D eigenvalue weighted by molar-refractivity contribution is 7.30. The van der Waals surface area contributed by atoms with Crippen molar-refractivity contribution in [2.75, 3.05) is 5.73 Å². The van der Waals surface area contributed by atoms with Gasteiger partial charge in [0.25, 0.3) is 0 Å². The fraction of sp³-hybridized carbons (Fsp3) is 0. The Balaban J connectivity index is 3.37. The van der Waals surface area contributed by atoms with Crippen molar-refractivity contribution in [3.8, 4) is 6.07 Å². The molecule has 0 radical (unpaired) electrons. The van der Waals surface area contributed by atoms with Crippen molar-refractivity contribution in [3.05, 3.63) is 8.86 Å². The van der Waals surface area contributed by atoms with Gasteiger partial charge in [-0.05, 0) is 0 Å². The number of nitrogens with one attached hydrogen (secondary N) is 1. The molecule has 0 aliphatic carbocycles. The van der Waals surface area contributed by atoms with Gasteiger partial charge < -0.3 is 5.73 Å². The van der Waals surface area contributed by atoms with Crippen LogP contribution in [0.2, 0.25) is 0 Å². The zero-order valence-electron chi connectivity index (χ0n) is 4.34. The summed E-state index contributed by atoms with van der Waals surface area (Å²) in [6, 6.07) is 1.90. The molecule has 0 bridgehead atoms. The first-order valence-electron chi connectivity index (χ1n) is 2.08. The van der Waals surface area contributed by atoms with E-state index in [0.717, 1.165) is 22.7 Å². The van der Waals surface area contributed by atoms with Crippen LogP contribution in [0.4, 0.5) is 5.00 Å². The van der Waals surface area contributed by atoms with Crippen molar-refractivity contribution in [2.24, 2.45) is 0 Å². The van der Waals surface area contributed by atoms with Crippen LogP contribution in [0.25, 0.3) is 0 Å². The molecule has 0 aromatic carbocycles. The van der Waals surface area contributed by atoms with E-state index in [0.29, 0.717) is 13.9 Å². The van der Waals surface area contributed by atoms with E-state index in [1.807, 2.05) is 6.07 Å². The van der Waals surface area contributed by atoms with Gasteiger partial charge in [-0.25, -0.2) is 0 Å². The highest BCUT2D eigenvalue weighted by Gasteiger charge is 1.99. The fourth-order valence-electron chi connectivity index (χ4n) is 0.388. The van der Waals surface area contributed by atoms with Gasteiger partial charge in [0.15, 0.2) is 3.98 Å². The summed E-state index contributed by atoms with van der Waals surface area (Å²) < 4.78 is 0.379. The number of hydrogen-bond donors (Lipinski definition) is 2. The van der Waals surface area contributed by atoms with Crippen LogP contribution < -0.4 is 9.72 Å². The Hall–Kier alpha value is -0.860. The van der Waals surface area contributed by atoms with E-state index in [-0.39, 0.29) is 0 Å². The van der Waals surface area contributed by atoms with Crippen LogP contribution in [-0.4, -0.2) is 0 Å². The van der Waals surface area contributed by atoms with Crippen LogP contribution in [0.3, 0.4) is 0 Å². The average Bonchev–Trinajstić information content (AvgIpc) is 2.10. The molecule has 0 unspecified atom stereocenters. The summed E-state index contributed by atoms with van der Waals surface area (Å²) in [7, 11) is 0. The zero-order valence-corrected chi connectivity index (χ0v) is 5.97. The number of hydrogen-bond acceptors (Lipinski definition) is 5. The van der Waals surface area contributed by atoms with E-state index >= 15 is 0 Å². The lowest BCUT2D eigenvalue weighted by atomic mass is 10.6. The number of nitrogens with two attached hydrogens (primary N) is 1. The van der Waals surface area contributed by atoms with E-state index in [9.17, 15) is 0 Å². The SMILES string of the molecule is N#Cc1sc(=N)sc1N. The van der Waals surface area contributed by atoms with Gasteiger partial charge in [-0.3, -0.25) is 5.41 Å². The van der Waals surface area contributed by atoms with Crippen molar-refractivity contribution < 1.29 is 0 Å². The molecular weight excluding hydrogens is 154 g/mol. The maximum atomic E-state index is 8.34. The molecule has 46 valence electrons. The number of anilines is 1. The predicted molar refractivity (Wildman–Crippen MR) is 37.2 cm³/mol. The van der Waals surface area contributed by atoms with Crippen molar-refractivity contribution in [2.45, 2.75) is 0 Å². The second-order valence-corrected chi connectivity index (χ2v) is 3.63. The topological polar surface area (TPSA) is 73.7 Å². The molecule has 3 N–H and O–H groups in total. The van der Waals surface area contributed by atoms with Crippen molar-refractivity contribution in [3.63, 3.8) is 0 Å². The van der Waals surface area contributed by atoms with E-state index in [4.69, 9.17) is 16.4 Å². The Morgan fingerprint density at radius 2 is 2.22 bits per heavy atom. The fourth-order valence-corrected chi connectivity index (χ4v) is 1.99. The lowest BCUT2D eigenvalue weighted by Crippen LogP contribution is -1.80. The van der Waals surface area contributed by atoms with E-state index in [2.05, 4.69) is 0 Å². The maximum Gasteiger partial charge on any atom is 0.166 e. The molecule has 0 spiro atoms. The van der Waals surface area contributed by atoms with Crippen molar-refractivity contribution in [1.29, 1.82) is 10.7 Å². The van der Waals surface area contributed by atoms with Crippen molar-refractivity contribution >= 4 is 27.7 Å². The molecule has 0 saturated carbocycles. The van der Waals surface area contributed by atoms with Crippen LogP contribution in [0.1, 0.15) is 4.88 Å². The van der Waals surface area contributed by atoms with Gasteiger partial charge in [-0.15, -0.1) is 0 Å². The van der Waals surface area contributed by atoms with Gasteiger partial charge in [0.1, 0.15) is 15.9 Å². The molecule has 0 fully saturated rings. The van der Waals surface area contributed by atoms with Gasteiger partial charge in [-0.2, -0.15) is 5.26 Å². The van der Waals surface area contributed by atoms with Gasteiger partial charge in [0, 0.05) is 0 Å². The van der Waals surface area contributed by atoms with Gasteiger partial charge >= 0.3 is 0 Å². The van der Waals surface area contributed by atoms with Crippen LogP contribution >= 0.6 is 22.7 Å². The second kappa shape index (κ2) is 2.17. The minimum atomic E-state index is 0.379. The molecule has 0 aliphatic rings. The van der Waals surface area contributed by atoms with Crippen molar-refractivity contribution in [1.82, 2.24) is 0 Å². The number of nitrogens with zero attached hydrogens (tertiary/aromatic N) is 1. The Kier molecular flexibility index (Phi) is 1.51. The molecule has 1 aromatic rings. The number of rotatable bonds is 0. The Bertz CT molecular complexity index is 302. The van der Waals surface area contributed by atoms with Gasteiger partial charge in [0.2, 0.25) is 0 Å². The molecule has 0 atom stereocenters. The van der Waals surface area contributed by atoms with Crippen LogP contribution in [0, 0.1) is 16.7 Å². The molecular formula is C4H3N3S2. The molecule has 5 heteroatoms. The molecule has 1 aromatic heterocycles. The summed E-state index contributed by atoms with van der Waals surface area (Å²) >= 11 is 2.25. The smallest absolute Gasteiger partial charge is 0.166 e. The third-order valence-corrected chi connectivity index (χ3v) is 2.66. The van der Waals surface area contributed by atoms with E-state index in [1.165, 1.54) is 0 Å². The minimum Gasteiger partial charge on any atom is -0.389 e. The maximum absolute atomic E-state index is 8.34. The first kappa shape index (κ1) is 6.26. The molecule has 0 amide bonds. The van der Waals surface area contributed by atoms with Gasteiger partial charge in [-0.1, -0.05) is 22.7 Å². The molecule has 3 nitrogen and oxygen atoms in total. The molecule has 9 heavy (non-hydrogen) atoms. The summed E-state index contributed by atoms with van der Waals surface area (Å²) in [6.07, 6.45) is 0. The molecule has 1 rings (SSSR count). The zero-order chi connectivity index (χ0) is 6.85. The molecule has 0 aliphatic heterocycles. The summed E-state index contributed by atoms with van der Waals surface area (Å²) in [6.45, 7) is 0. The summed E-state index contributed by atoms with van der Waals surface area (Å²) in [4.78, 5) is 0.449. The van der Waals surface area contributed by atoms with Crippen LogP contribution in [-0.2, 0) is 0 Å². The average molecular weight is 157 g/mol. The number of nitriles is 1. The summed E-state index contributed by atoms with van der Waals surface area (Å²) in [5, 5.41) is 15.9. The highest BCUT2D eigenvalue weighted by atomic mass is 32.2. The van der Waals surface area contributed by atoms with Crippen LogP contribution in [0.5, 0.6) is 0 Å². The monoisotopic (exact) mass is 157 g/mol. The largest absolute Gasteiger partial charge is 0.389 e. The minimum absolute atomic E-state index is 0.379. The third-order valence-electron chi connectivity index (χ3n) is 0.723. The van der Waals surface area contributed by atoms with Gasteiger partial charge in [0.05, 0.1) is 0 Å². The summed E-state index contributed by atoms with van der Waals surface area (Å²) in [5.74, 6) is 0. The lowest BCUT2D eigenvalue weighted by Gasteiger charge is -1.76. The van der Waals surface area contributed by atoms with Crippen LogP contribution in [0.15, 0.2) is 0 Å². The lowest BCUT2D eigenvalue weighted by molar-refractivity contribution is 1.41. The summed E-state index contributed by atoms with van der Waals surface area (Å²) in [5.41, 5.74) is 5.34. The van der Waals surface area contributed by atoms with E-state index < -0.39 is 0 Å². The Labute approximate surface area is 59.5 Å². The predicted octanol–water partition coefficient (Wildman–Crippen LogP) is 0.743. The van der Waals surface area contributed by atoms with E-state index in [1.54, 1.807) is 0 Å². The standard InChI is InChI=1S/C4H3N3S2/c5-1-2-3(6)9-4(7)8-2/h7H,6H2. The number of nitrogen functional groups attached to an aromatic ring is 1.